The number of cyclic esters (lactones) is 1. The summed E-state index contributed by atoms with van der Waals surface area (Å²) in [5.41, 5.74) is 2.66. The first kappa shape index (κ1) is 17.5. The smallest absolute Gasteiger partial charge is 0.363 e. The third kappa shape index (κ3) is 4.00. The topological polar surface area (TPSA) is 57.1 Å². The Hall–Kier alpha value is -3.34. The van der Waals surface area contributed by atoms with Crippen LogP contribution in [0.3, 0.4) is 0 Å². The molecule has 0 saturated heterocycles. The van der Waals surface area contributed by atoms with Crippen molar-refractivity contribution in [1.82, 2.24) is 0 Å². The first-order chi connectivity index (χ1) is 12.6. The molecule has 2 aromatic carbocycles. The van der Waals surface area contributed by atoms with Crippen LogP contribution in [0.25, 0.3) is 6.08 Å². The molecule has 1 aliphatic rings. The van der Waals surface area contributed by atoms with Gasteiger partial charge in [-0.25, -0.2) is 9.79 Å². The van der Waals surface area contributed by atoms with Crippen molar-refractivity contribution in [2.75, 3.05) is 13.7 Å². The lowest BCUT2D eigenvalue weighted by molar-refractivity contribution is -0.129. The highest BCUT2D eigenvalue weighted by Gasteiger charge is 2.24. The van der Waals surface area contributed by atoms with E-state index in [0.29, 0.717) is 24.0 Å². The lowest BCUT2D eigenvalue weighted by Gasteiger charge is -2.11. The minimum atomic E-state index is -0.481. The number of carbonyl (C=O) groups is 1. The Balaban J connectivity index is 1.86. The standard InChI is InChI=1S/C21H19NO4/c1-14(2)13-25-18-10-9-15(12-19(18)24-3)11-17-21(23)26-20(22-17)16-7-5-4-6-8-16/h4-12H,1,13H2,2-3H3/b17-11+. The van der Waals surface area contributed by atoms with Gasteiger partial charge in [-0.2, -0.15) is 0 Å². The Bertz CT molecular complexity index is 897. The van der Waals surface area contributed by atoms with Gasteiger partial charge < -0.3 is 14.2 Å². The average Bonchev–Trinajstić information content (AvgIpc) is 3.01. The molecule has 0 bridgehead atoms. The molecular formula is C21H19NO4. The van der Waals surface area contributed by atoms with Gasteiger partial charge in [0.1, 0.15) is 6.61 Å². The number of hydrogen-bond donors (Lipinski definition) is 0. The molecule has 0 aromatic heterocycles. The second-order valence-electron chi connectivity index (χ2n) is 5.86. The maximum atomic E-state index is 12.1. The molecule has 0 aliphatic carbocycles. The van der Waals surface area contributed by atoms with E-state index in [1.54, 1.807) is 25.3 Å². The van der Waals surface area contributed by atoms with Crippen molar-refractivity contribution in [3.05, 3.63) is 77.5 Å². The molecule has 0 saturated carbocycles. The van der Waals surface area contributed by atoms with Gasteiger partial charge in [0.2, 0.25) is 5.90 Å². The summed E-state index contributed by atoms with van der Waals surface area (Å²) in [5, 5.41) is 0. The second kappa shape index (κ2) is 7.70. The number of aliphatic imine (C=N–C) groups is 1. The van der Waals surface area contributed by atoms with Crippen LogP contribution in [0.4, 0.5) is 0 Å². The van der Waals surface area contributed by atoms with Gasteiger partial charge in [-0.1, -0.05) is 30.8 Å². The van der Waals surface area contributed by atoms with Crippen LogP contribution < -0.4 is 9.47 Å². The largest absolute Gasteiger partial charge is 0.493 e. The highest BCUT2D eigenvalue weighted by molar-refractivity contribution is 6.12. The molecule has 0 amide bonds. The molecule has 2 aromatic rings. The maximum Gasteiger partial charge on any atom is 0.363 e. The lowest BCUT2D eigenvalue weighted by atomic mass is 10.1. The van der Waals surface area contributed by atoms with Crippen molar-refractivity contribution in [1.29, 1.82) is 0 Å². The third-order valence-corrected chi connectivity index (χ3v) is 3.61. The molecule has 1 heterocycles. The van der Waals surface area contributed by atoms with Gasteiger partial charge in [0, 0.05) is 5.56 Å². The van der Waals surface area contributed by atoms with Gasteiger partial charge in [0.05, 0.1) is 7.11 Å². The molecule has 5 heteroatoms. The van der Waals surface area contributed by atoms with Gasteiger partial charge in [-0.3, -0.25) is 0 Å². The van der Waals surface area contributed by atoms with Crippen LogP contribution >= 0.6 is 0 Å². The summed E-state index contributed by atoms with van der Waals surface area (Å²) >= 11 is 0. The van der Waals surface area contributed by atoms with E-state index in [4.69, 9.17) is 14.2 Å². The number of benzene rings is 2. The Morgan fingerprint density at radius 2 is 1.96 bits per heavy atom. The Labute approximate surface area is 152 Å². The summed E-state index contributed by atoms with van der Waals surface area (Å²) < 4.78 is 16.3. The molecule has 26 heavy (non-hydrogen) atoms. The molecule has 132 valence electrons. The second-order valence-corrected chi connectivity index (χ2v) is 5.86. The molecule has 1 aliphatic heterocycles. The maximum absolute atomic E-state index is 12.1. The summed E-state index contributed by atoms with van der Waals surface area (Å²) in [6, 6.07) is 14.7. The molecule has 0 unspecified atom stereocenters. The quantitative estimate of drug-likeness (QED) is 0.449. The highest BCUT2D eigenvalue weighted by Crippen LogP contribution is 2.30. The molecule has 0 fully saturated rings. The summed E-state index contributed by atoms with van der Waals surface area (Å²) in [6.07, 6.45) is 1.66. The SMILES string of the molecule is C=C(C)COc1ccc(/C=C2/N=C(c3ccccc3)OC2=O)cc1OC. The fourth-order valence-electron chi connectivity index (χ4n) is 2.37. The van der Waals surface area contributed by atoms with Crippen molar-refractivity contribution in [2.45, 2.75) is 6.92 Å². The molecule has 0 spiro atoms. The minimum Gasteiger partial charge on any atom is -0.493 e. The van der Waals surface area contributed by atoms with E-state index in [1.807, 2.05) is 43.3 Å². The summed E-state index contributed by atoms with van der Waals surface area (Å²) in [4.78, 5) is 16.4. The van der Waals surface area contributed by atoms with Crippen molar-refractivity contribution >= 4 is 17.9 Å². The third-order valence-electron chi connectivity index (χ3n) is 3.61. The van der Waals surface area contributed by atoms with Gasteiger partial charge >= 0.3 is 5.97 Å². The average molecular weight is 349 g/mol. The van der Waals surface area contributed by atoms with Gasteiger partial charge in [-0.05, 0) is 48.4 Å². The van der Waals surface area contributed by atoms with E-state index in [1.165, 1.54) is 0 Å². The Morgan fingerprint density at radius 3 is 2.65 bits per heavy atom. The van der Waals surface area contributed by atoms with E-state index in [-0.39, 0.29) is 5.70 Å². The molecule has 0 radical (unpaired) electrons. The molecule has 3 rings (SSSR count). The number of hydrogen-bond acceptors (Lipinski definition) is 5. The fraction of sp³-hybridized carbons (Fsp3) is 0.143. The Morgan fingerprint density at radius 1 is 1.19 bits per heavy atom. The number of methoxy groups -OCH3 is 1. The van der Waals surface area contributed by atoms with E-state index in [9.17, 15) is 4.79 Å². The predicted octanol–water partition coefficient (Wildman–Crippen LogP) is 3.99. The van der Waals surface area contributed by atoms with Crippen LogP contribution in [-0.2, 0) is 9.53 Å². The zero-order chi connectivity index (χ0) is 18.5. The number of ether oxygens (including phenoxy) is 3. The van der Waals surface area contributed by atoms with Crippen LogP contribution in [0.5, 0.6) is 11.5 Å². The van der Waals surface area contributed by atoms with E-state index in [2.05, 4.69) is 11.6 Å². The monoisotopic (exact) mass is 349 g/mol. The summed E-state index contributed by atoms with van der Waals surface area (Å²) in [5.74, 6) is 1.00. The molecule has 0 N–H and O–H groups in total. The van der Waals surface area contributed by atoms with Crippen LogP contribution in [0.2, 0.25) is 0 Å². The van der Waals surface area contributed by atoms with E-state index < -0.39 is 5.97 Å². The van der Waals surface area contributed by atoms with Crippen molar-refractivity contribution < 1.29 is 19.0 Å². The molecule has 5 nitrogen and oxygen atoms in total. The van der Waals surface area contributed by atoms with Gasteiger partial charge in [0.15, 0.2) is 17.2 Å². The van der Waals surface area contributed by atoms with Gasteiger partial charge in [-0.15, -0.1) is 0 Å². The minimum absolute atomic E-state index is 0.238. The van der Waals surface area contributed by atoms with Crippen LogP contribution in [0.1, 0.15) is 18.1 Å². The summed E-state index contributed by atoms with van der Waals surface area (Å²) in [7, 11) is 1.56. The van der Waals surface area contributed by atoms with E-state index >= 15 is 0 Å². The highest BCUT2D eigenvalue weighted by atomic mass is 16.6. The van der Waals surface area contributed by atoms with Crippen molar-refractivity contribution in [3.8, 4) is 11.5 Å². The summed E-state index contributed by atoms with van der Waals surface area (Å²) in [6.45, 7) is 6.11. The number of carbonyl (C=O) groups excluding carboxylic acids is 1. The number of esters is 1. The Kier molecular flexibility index (Phi) is 5.17. The molecule has 0 atom stereocenters. The van der Waals surface area contributed by atoms with E-state index in [0.717, 1.165) is 16.7 Å². The van der Waals surface area contributed by atoms with Crippen LogP contribution in [0, 0.1) is 0 Å². The van der Waals surface area contributed by atoms with Crippen molar-refractivity contribution in [3.63, 3.8) is 0 Å². The number of rotatable bonds is 6. The van der Waals surface area contributed by atoms with Crippen LogP contribution in [-0.4, -0.2) is 25.6 Å². The first-order valence-corrected chi connectivity index (χ1v) is 8.10. The zero-order valence-corrected chi connectivity index (χ0v) is 14.7. The first-order valence-electron chi connectivity index (χ1n) is 8.10. The number of nitrogens with zero attached hydrogens (tertiary/aromatic N) is 1. The van der Waals surface area contributed by atoms with Crippen LogP contribution in [0.15, 0.2) is 71.4 Å². The van der Waals surface area contributed by atoms with Gasteiger partial charge in [0.25, 0.3) is 0 Å². The fourth-order valence-corrected chi connectivity index (χ4v) is 2.37. The predicted molar refractivity (Wildman–Crippen MR) is 100 cm³/mol. The van der Waals surface area contributed by atoms with Crippen molar-refractivity contribution in [2.24, 2.45) is 4.99 Å². The molecular weight excluding hydrogens is 330 g/mol. The zero-order valence-electron chi connectivity index (χ0n) is 14.7. The lowest BCUT2D eigenvalue weighted by Crippen LogP contribution is -2.05. The normalized spacial score (nSPS) is 14.8.